The molecule has 2 aromatic rings. The molecule has 0 fully saturated rings. The highest BCUT2D eigenvalue weighted by molar-refractivity contribution is 6.52. The van der Waals surface area contributed by atoms with Gasteiger partial charge in [-0.2, -0.15) is 0 Å². The summed E-state index contributed by atoms with van der Waals surface area (Å²) < 4.78 is 5.10. The van der Waals surface area contributed by atoms with Gasteiger partial charge in [-0.25, -0.2) is 4.79 Å². The molecule has 0 bridgehead atoms. The summed E-state index contributed by atoms with van der Waals surface area (Å²) in [4.78, 5) is 35.9. The number of Topliss-reactive ketones (excluding diaryl/α,β-unsaturated/α-hetero) is 1. The van der Waals surface area contributed by atoms with Crippen LogP contribution in [-0.4, -0.2) is 22.8 Å². The van der Waals surface area contributed by atoms with Crippen LogP contribution in [0.2, 0.25) is 5.02 Å². The third-order valence-electron chi connectivity index (χ3n) is 3.15. The van der Waals surface area contributed by atoms with Crippen molar-refractivity contribution < 1.29 is 23.9 Å². The fraction of sp³-hybridized carbons (Fsp3) is 0.0714. The van der Waals surface area contributed by atoms with Gasteiger partial charge in [-0.1, -0.05) is 11.6 Å². The van der Waals surface area contributed by atoms with E-state index >= 15 is 0 Å². The molecule has 1 amide bonds. The molecule has 0 saturated heterocycles. The number of carbonyl (C=O) groups excluding carboxylic acids is 2. The molecule has 0 saturated carbocycles. The van der Waals surface area contributed by atoms with Gasteiger partial charge in [0.25, 0.3) is 11.7 Å². The summed E-state index contributed by atoms with van der Waals surface area (Å²) in [5, 5.41) is 9.23. The molecule has 1 aromatic carbocycles. The minimum Gasteiger partial charge on any atom is -0.478 e. The Hall–Kier alpha value is -2.60. The summed E-state index contributed by atoms with van der Waals surface area (Å²) in [5.41, 5.74) is 0.648. The normalized spacial score (nSPS) is 13.7. The van der Waals surface area contributed by atoms with Gasteiger partial charge in [-0.05, 0) is 24.3 Å². The molecular weight excluding hydrogens is 298 g/mol. The molecule has 0 spiro atoms. The molecule has 0 radical (unpaired) electrons. The molecule has 6 nitrogen and oxygen atoms in total. The summed E-state index contributed by atoms with van der Waals surface area (Å²) >= 11 is 5.88. The maximum Gasteiger partial charge on any atom is 0.338 e. The lowest BCUT2D eigenvalue weighted by Gasteiger charge is -2.14. The summed E-state index contributed by atoms with van der Waals surface area (Å²) in [6.07, 6.45) is 1.08. The largest absolute Gasteiger partial charge is 0.478 e. The summed E-state index contributed by atoms with van der Waals surface area (Å²) in [6, 6.07) is 5.84. The number of anilines is 1. The third-order valence-corrected chi connectivity index (χ3v) is 3.38. The molecule has 0 atom stereocenters. The number of rotatable bonds is 3. The Labute approximate surface area is 123 Å². The molecular formula is C14H8ClNO5. The van der Waals surface area contributed by atoms with Crippen molar-refractivity contribution in [3.63, 3.8) is 0 Å². The minimum absolute atomic E-state index is 0.0192. The zero-order chi connectivity index (χ0) is 15.1. The van der Waals surface area contributed by atoms with Crippen molar-refractivity contribution in [1.82, 2.24) is 0 Å². The zero-order valence-electron chi connectivity index (χ0n) is 10.5. The molecule has 0 aliphatic carbocycles. The van der Waals surface area contributed by atoms with E-state index in [4.69, 9.17) is 21.1 Å². The van der Waals surface area contributed by atoms with Crippen molar-refractivity contribution in [2.45, 2.75) is 6.54 Å². The number of hydrogen-bond acceptors (Lipinski definition) is 4. The second-order valence-corrected chi connectivity index (χ2v) is 4.93. The molecule has 106 valence electrons. The Bertz CT molecular complexity index is 779. The van der Waals surface area contributed by atoms with Crippen molar-refractivity contribution in [3.8, 4) is 0 Å². The minimum atomic E-state index is -1.13. The standard InChI is InChI=1S/C14H8ClNO5/c15-8-1-2-10-11(4-8)16(13(18)12(10)17)5-9-3-7(6-21-9)14(19)20/h1-4,6H,5H2,(H,19,20). The summed E-state index contributed by atoms with van der Waals surface area (Å²) in [7, 11) is 0. The summed E-state index contributed by atoms with van der Waals surface area (Å²) in [6.45, 7) is -0.0365. The van der Waals surface area contributed by atoms with E-state index in [9.17, 15) is 14.4 Å². The van der Waals surface area contributed by atoms with Crippen LogP contribution in [0.25, 0.3) is 0 Å². The van der Waals surface area contributed by atoms with Gasteiger partial charge in [-0.3, -0.25) is 14.5 Å². The van der Waals surface area contributed by atoms with E-state index in [2.05, 4.69) is 0 Å². The number of furan rings is 1. The van der Waals surface area contributed by atoms with Crippen LogP contribution >= 0.6 is 11.6 Å². The molecule has 1 aromatic heterocycles. The average molecular weight is 306 g/mol. The number of nitrogens with zero attached hydrogens (tertiary/aromatic N) is 1. The zero-order valence-corrected chi connectivity index (χ0v) is 11.3. The lowest BCUT2D eigenvalue weighted by atomic mass is 10.1. The van der Waals surface area contributed by atoms with E-state index in [1.807, 2.05) is 0 Å². The topological polar surface area (TPSA) is 87.8 Å². The predicted octanol–water partition coefficient (Wildman–Crippen LogP) is 2.36. The molecule has 21 heavy (non-hydrogen) atoms. The third kappa shape index (κ3) is 2.19. The number of benzene rings is 1. The number of carboxylic acids is 1. The lowest BCUT2D eigenvalue weighted by Crippen LogP contribution is -2.28. The Balaban J connectivity index is 1.95. The predicted molar refractivity (Wildman–Crippen MR) is 72.6 cm³/mol. The van der Waals surface area contributed by atoms with Gasteiger partial charge in [0.05, 0.1) is 23.4 Å². The summed E-state index contributed by atoms with van der Waals surface area (Å²) in [5.74, 6) is -2.18. The van der Waals surface area contributed by atoms with Gasteiger partial charge in [0.1, 0.15) is 12.0 Å². The van der Waals surface area contributed by atoms with E-state index in [1.54, 1.807) is 0 Å². The first kappa shape index (κ1) is 13.4. The van der Waals surface area contributed by atoms with Crippen LogP contribution in [0.5, 0.6) is 0 Å². The van der Waals surface area contributed by atoms with Gasteiger partial charge in [0, 0.05) is 5.02 Å². The highest BCUT2D eigenvalue weighted by atomic mass is 35.5. The molecule has 3 rings (SSSR count). The van der Waals surface area contributed by atoms with E-state index in [-0.39, 0.29) is 23.4 Å². The molecule has 7 heteroatoms. The SMILES string of the molecule is O=C(O)c1coc(CN2C(=O)C(=O)c3ccc(Cl)cc32)c1. The van der Waals surface area contributed by atoms with Gasteiger partial charge >= 0.3 is 5.97 Å². The van der Waals surface area contributed by atoms with Crippen LogP contribution in [0.15, 0.2) is 34.9 Å². The van der Waals surface area contributed by atoms with Crippen LogP contribution in [0.4, 0.5) is 5.69 Å². The van der Waals surface area contributed by atoms with Crippen molar-refractivity contribution in [1.29, 1.82) is 0 Å². The Morgan fingerprint density at radius 2 is 2.05 bits per heavy atom. The van der Waals surface area contributed by atoms with Crippen LogP contribution in [0.3, 0.4) is 0 Å². The second kappa shape index (κ2) is 4.75. The van der Waals surface area contributed by atoms with Gasteiger partial charge in [0.2, 0.25) is 0 Å². The molecule has 1 aliphatic heterocycles. The van der Waals surface area contributed by atoms with E-state index in [1.165, 1.54) is 29.2 Å². The number of hydrogen-bond donors (Lipinski definition) is 1. The van der Waals surface area contributed by atoms with Crippen LogP contribution in [-0.2, 0) is 11.3 Å². The number of carbonyl (C=O) groups is 3. The van der Waals surface area contributed by atoms with Crippen molar-refractivity contribution in [2.75, 3.05) is 4.90 Å². The van der Waals surface area contributed by atoms with Crippen LogP contribution < -0.4 is 4.90 Å². The molecule has 1 N–H and O–H groups in total. The Kier molecular flexibility index (Phi) is 3.03. The van der Waals surface area contributed by atoms with Gasteiger partial charge in [0.15, 0.2) is 0 Å². The lowest BCUT2D eigenvalue weighted by molar-refractivity contribution is -0.114. The fourth-order valence-electron chi connectivity index (χ4n) is 2.16. The molecule has 2 heterocycles. The van der Waals surface area contributed by atoms with E-state index < -0.39 is 17.7 Å². The first-order chi connectivity index (χ1) is 9.97. The van der Waals surface area contributed by atoms with Crippen molar-refractivity contribution in [3.05, 3.63) is 52.4 Å². The monoisotopic (exact) mass is 305 g/mol. The number of amides is 1. The number of fused-ring (bicyclic) bond motifs is 1. The highest BCUT2D eigenvalue weighted by Crippen LogP contribution is 2.32. The van der Waals surface area contributed by atoms with E-state index in [0.29, 0.717) is 10.7 Å². The number of aromatic carboxylic acids is 1. The second-order valence-electron chi connectivity index (χ2n) is 4.49. The smallest absolute Gasteiger partial charge is 0.338 e. The first-order valence-electron chi connectivity index (χ1n) is 5.94. The fourth-order valence-corrected chi connectivity index (χ4v) is 2.32. The Morgan fingerprint density at radius 3 is 2.71 bits per heavy atom. The number of carboxylic acid groups (broad SMARTS) is 1. The van der Waals surface area contributed by atoms with E-state index in [0.717, 1.165) is 6.26 Å². The van der Waals surface area contributed by atoms with Crippen LogP contribution in [0, 0.1) is 0 Å². The van der Waals surface area contributed by atoms with Gasteiger partial charge < -0.3 is 9.52 Å². The Morgan fingerprint density at radius 1 is 1.29 bits per heavy atom. The van der Waals surface area contributed by atoms with Crippen LogP contribution in [0.1, 0.15) is 26.5 Å². The van der Waals surface area contributed by atoms with Gasteiger partial charge in [-0.15, -0.1) is 0 Å². The maximum atomic E-state index is 12.0. The van der Waals surface area contributed by atoms with Crippen molar-refractivity contribution in [2.24, 2.45) is 0 Å². The number of halogens is 1. The van der Waals surface area contributed by atoms with Crippen molar-refractivity contribution >= 4 is 34.9 Å². The maximum absolute atomic E-state index is 12.0. The number of ketones is 1. The molecule has 1 aliphatic rings. The quantitative estimate of drug-likeness (QED) is 0.879. The first-order valence-corrected chi connectivity index (χ1v) is 6.31. The molecule has 0 unspecified atom stereocenters. The highest BCUT2D eigenvalue weighted by Gasteiger charge is 2.36. The average Bonchev–Trinajstić information content (AvgIpc) is 2.99.